The first kappa shape index (κ1) is 13.7. The summed E-state index contributed by atoms with van der Waals surface area (Å²) in [5, 5.41) is 22.5. The lowest BCUT2D eigenvalue weighted by molar-refractivity contribution is -0.385. The summed E-state index contributed by atoms with van der Waals surface area (Å²) in [6.45, 7) is 0. The molecular weight excluding hydrogens is 268 g/mol. The fourth-order valence-electron chi connectivity index (χ4n) is 1.99. The fraction of sp³-hybridized carbons (Fsp3) is 0.364. The summed E-state index contributed by atoms with van der Waals surface area (Å²) < 4.78 is 0. The van der Waals surface area contributed by atoms with Crippen LogP contribution in [0, 0.1) is 10.1 Å². The first-order valence-electron chi connectivity index (χ1n) is 5.81. The molecule has 0 aliphatic heterocycles. The molecule has 0 atom stereocenters. The molecule has 1 amide bonds. The molecule has 2 rings (SSSR count). The quantitative estimate of drug-likeness (QED) is 0.525. The molecule has 1 aliphatic carbocycles. The summed E-state index contributed by atoms with van der Waals surface area (Å²) in [5.41, 5.74) is 3.37. The monoisotopic (exact) mass is 280 g/mol. The summed E-state index contributed by atoms with van der Waals surface area (Å²) >= 11 is 0. The zero-order chi connectivity index (χ0) is 14.9. The molecule has 0 radical (unpaired) electrons. The molecule has 1 heterocycles. The van der Waals surface area contributed by atoms with Gasteiger partial charge in [-0.1, -0.05) is 0 Å². The number of carbonyl (C=O) groups excluding carboxylic acids is 1. The van der Waals surface area contributed by atoms with E-state index in [2.05, 4.69) is 10.3 Å². The number of aliphatic carboxylic acids is 1. The van der Waals surface area contributed by atoms with Crippen LogP contribution in [0.15, 0.2) is 12.3 Å². The minimum Gasteiger partial charge on any atom is -0.480 e. The number of primary amides is 1. The highest BCUT2D eigenvalue weighted by molar-refractivity contribution is 5.99. The van der Waals surface area contributed by atoms with Gasteiger partial charge in [-0.3, -0.25) is 14.9 Å². The van der Waals surface area contributed by atoms with Crippen molar-refractivity contribution in [3.05, 3.63) is 27.9 Å². The summed E-state index contributed by atoms with van der Waals surface area (Å²) in [4.78, 5) is 36.3. The van der Waals surface area contributed by atoms with Crippen molar-refractivity contribution in [2.75, 3.05) is 5.32 Å². The third-order valence-electron chi connectivity index (χ3n) is 3.32. The van der Waals surface area contributed by atoms with Crippen LogP contribution in [-0.4, -0.2) is 32.4 Å². The van der Waals surface area contributed by atoms with Crippen LogP contribution >= 0.6 is 0 Å². The molecular formula is C11H12N4O5. The van der Waals surface area contributed by atoms with E-state index in [0.717, 1.165) is 18.7 Å². The molecule has 1 aromatic rings. The van der Waals surface area contributed by atoms with Gasteiger partial charge in [0.05, 0.1) is 10.5 Å². The van der Waals surface area contributed by atoms with Crippen LogP contribution in [0.25, 0.3) is 0 Å². The van der Waals surface area contributed by atoms with Gasteiger partial charge >= 0.3 is 5.97 Å². The van der Waals surface area contributed by atoms with Crippen molar-refractivity contribution in [3.63, 3.8) is 0 Å². The van der Waals surface area contributed by atoms with Gasteiger partial charge < -0.3 is 16.2 Å². The number of nitrogens with two attached hydrogens (primary N) is 1. The molecule has 0 aromatic carbocycles. The minimum absolute atomic E-state index is 0.0507. The Labute approximate surface area is 112 Å². The number of carboxylic acids is 1. The van der Waals surface area contributed by atoms with Crippen LogP contribution in [0.3, 0.4) is 0 Å². The van der Waals surface area contributed by atoms with E-state index in [-0.39, 0.29) is 17.1 Å². The number of rotatable bonds is 5. The minimum atomic E-state index is -1.19. The van der Waals surface area contributed by atoms with E-state index in [1.54, 1.807) is 0 Å². The smallest absolute Gasteiger partial charge is 0.329 e. The van der Waals surface area contributed by atoms with E-state index >= 15 is 0 Å². The molecule has 106 valence electrons. The zero-order valence-electron chi connectivity index (χ0n) is 10.3. The Hall–Kier alpha value is -2.71. The highest BCUT2D eigenvalue weighted by Gasteiger charge is 2.45. The molecule has 4 N–H and O–H groups in total. The number of nitrogens with zero attached hydrogens (tertiary/aromatic N) is 2. The van der Waals surface area contributed by atoms with E-state index in [0.29, 0.717) is 12.8 Å². The first-order valence-corrected chi connectivity index (χ1v) is 5.81. The van der Waals surface area contributed by atoms with Crippen LogP contribution in [0.4, 0.5) is 11.5 Å². The molecule has 1 aliphatic rings. The second-order valence-corrected chi connectivity index (χ2v) is 4.58. The highest BCUT2D eigenvalue weighted by Crippen LogP contribution is 2.36. The van der Waals surface area contributed by atoms with E-state index in [1.807, 2.05) is 0 Å². The van der Waals surface area contributed by atoms with Gasteiger partial charge in [0, 0.05) is 6.07 Å². The van der Waals surface area contributed by atoms with Crippen LogP contribution in [-0.2, 0) is 4.79 Å². The SMILES string of the molecule is NC(=O)c1cc([N+](=O)[O-])cnc1NC1(C(=O)O)CCC1. The lowest BCUT2D eigenvalue weighted by atomic mass is 9.76. The predicted octanol–water partition coefficient (Wildman–Crippen LogP) is 0.508. The maximum atomic E-state index is 11.3. The number of nitro groups is 1. The normalized spacial score (nSPS) is 16.0. The molecule has 0 unspecified atom stereocenters. The molecule has 1 saturated carbocycles. The second kappa shape index (κ2) is 4.76. The van der Waals surface area contributed by atoms with Crippen molar-refractivity contribution in [1.29, 1.82) is 0 Å². The Morgan fingerprint density at radius 1 is 1.50 bits per heavy atom. The van der Waals surface area contributed by atoms with Gasteiger partial charge in [-0.2, -0.15) is 0 Å². The number of amides is 1. The van der Waals surface area contributed by atoms with Gasteiger partial charge in [-0.15, -0.1) is 0 Å². The molecule has 9 heteroatoms. The maximum absolute atomic E-state index is 11.3. The van der Waals surface area contributed by atoms with Crippen molar-refractivity contribution in [1.82, 2.24) is 4.98 Å². The maximum Gasteiger partial charge on any atom is 0.329 e. The standard InChI is InChI=1S/C11H12N4O5/c12-8(16)7-4-6(15(19)20)5-13-9(7)14-11(10(17)18)2-1-3-11/h4-5H,1-3H2,(H2,12,16)(H,13,14)(H,17,18). The molecule has 0 bridgehead atoms. The Morgan fingerprint density at radius 3 is 2.55 bits per heavy atom. The average Bonchev–Trinajstić information content (AvgIpc) is 2.32. The third kappa shape index (κ3) is 2.25. The van der Waals surface area contributed by atoms with E-state index in [1.165, 1.54) is 0 Å². The predicted molar refractivity (Wildman–Crippen MR) is 67.2 cm³/mol. The Balaban J connectivity index is 2.39. The summed E-state index contributed by atoms with van der Waals surface area (Å²) in [7, 11) is 0. The van der Waals surface area contributed by atoms with Crippen LogP contribution in [0.1, 0.15) is 29.6 Å². The zero-order valence-corrected chi connectivity index (χ0v) is 10.3. The van der Waals surface area contributed by atoms with Crippen molar-refractivity contribution in [2.45, 2.75) is 24.8 Å². The second-order valence-electron chi connectivity index (χ2n) is 4.58. The topological polar surface area (TPSA) is 148 Å². The number of anilines is 1. The Kier molecular flexibility index (Phi) is 3.26. The van der Waals surface area contributed by atoms with Crippen molar-refractivity contribution < 1.29 is 19.6 Å². The van der Waals surface area contributed by atoms with Crippen molar-refractivity contribution >= 4 is 23.4 Å². The number of pyridine rings is 1. The summed E-state index contributed by atoms with van der Waals surface area (Å²) in [6.07, 6.45) is 2.46. The van der Waals surface area contributed by atoms with Crippen LogP contribution in [0.2, 0.25) is 0 Å². The van der Waals surface area contributed by atoms with Gasteiger partial charge in [0.1, 0.15) is 17.6 Å². The lowest BCUT2D eigenvalue weighted by Crippen LogP contribution is -2.52. The molecule has 0 spiro atoms. The average molecular weight is 280 g/mol. The largest absolute Gasteiger partial charge is 0.480 e. The van der Waals surface area contributed by atoms with Crippen LogP contribution in [0.5, 0.6) is 0 Å². The molecule has 9 nitrogen and oxygen atoms in total. The molecule has 1 aromatic heterocycles. The van der Waals surface area contributed by atoms with E-state index in [4.69, 9.17) is 5.73 Å². The van der Waals surface area contributed by atoms with Gasteiger partial charge in [0.15, 0.2) is 0 Å². The van der Waals surface area contributed by atoms with Crippen molar-refractivity contribution in [2.24, 2.45) is 5.73 Å². The number of hydrogen-bond donors (Lipinski definition) is 3. The first-order chi connectivity index (χ1) is 9.35. The third-order valence-corrected chi connectivity index (χ3v) is 3.32. The Morgan fingerprint density at radius 2 is 2.15 bits per heavy atom. The lowest BCUT2D eigenvalue weighted by Gasteiger charge is -2.38. The van der Waals surface area contributed by atoms with Gasteiger partial charge in [0.25, 0.3) is 11.6 Å². The van der Waals surface area contributed by atoms with Crippen LogP contribution < -0.4 is 11.1 Å². The number of aromatic nitrogens is 1. The molecule has 20 heavy (non-hydrogen) atoms. The summed E-state index contributed by atoms with van der Waals surface area (Å²) in [5.74, 6) is -2.02. The number of hydrogen-bond acceptors (Lipinski definition) is 6. The van der Waals surface area contributed by atoms with Gasteiger partial charge in [0.2, 0.25) is 0 Å². The highest BCUT2D eigenvalue weighted by atomic mass is 16.6. The summed E-state index contributed by atoms with van der Waals surface area (Å²) in [6, 6.07) is 0.978. The van der Waals surface area contributed by atoms with Gasteiger partial charge in [-0.25, -0.2) is 9.78 Å². The fourth-order valence-corrected chi connectivity index (χ4v) is 1.99. The number of carbonyl (C=O) groups is 2. The molecule has 1 fully saturated rings. The Bertz CT molecular complexity index is 596. The van der Waals surface area contributed by atoms with Crippen molar-refractivity contribution in [3.8, 4) is 0 Å². The van der Waals surface area contributed by atoms with E-state index in [9.17, 15) is 24.8 Å². The number of nitrogens with one attached hydrogen (secondary N) is 1. The number of carboxylic acid groups (broad SMARTS) is 1. The van der Waals surface area contributed by atoms with E-state index < -0.39 is 22.3 Å². The molecule has 0 saturated heterocycles. The van der Waals surface area contributed by atoms with Gasteiger partial charge in [-0.05, 0) is 19.3 Å².